The van der Waals surface area contributed by atoms with Gasteiger partial charge in [0.05, 0.1) is 0 Å². The van der Waals surface area contributed by atoms with Gasteiger partial charge in [0.1, 0.15) is 0 Å². The lowest BCUT2D eigenvalue weighted by molar-refractivity contribution is -0.00314. The van der Waals surface area contributed by atoms with Gasteiger partial charge in [-0.1, -0.05) is 13.8 Å². The zero-order chi connectivity index (χ0) is 10.3. The molecule has 82 valence electrons. The van der Waals surface area contributed by atoms with E-state index in [0.29, 0.717) is 24.5 Å². The molecule has 0 radical (unpaired) electrons. The molecule has 2 aliphatic carbocycles. The van der Waals surface area contributed by atoms with Crippen LogP contribution in [0.5, 0.6) is 0 Å². The van der Waals surface area contributed by atoms with E-state index in [1.807, 2.05) is 0 Å². The fraction of sp³-hybridized carbons (Fsp3) is 1.00. The Morgan fingerprint density at radius 3 is 2.71 bits per heavy atom. The number of rotatable bonds is 1. The van der Waals surface area contributed by atoms with Crippen molar-refractivity contribution in [3.63, 3.8) is 0 Å². The summed E-state index contributed by atoms with van der Waals surface area (Å²) in [6.45, 7) is 4.83. The molecule has 2 nitrogen and oxygen atoms in total. The molecule has 0 amide bonds. The molecule has 14 heavy (non-hydrogen) atoms. The standard InChI is InChI=1S/C12H23NO/c1-8-3-9-4-10(11(8)13)6-12(2,5-9)7-14/h8-11,14H,3-7,13H2,1-2H3. The van der Waals surface area contributed by atoms with Crippen molar-refractivity contribution in [2.75, 3.05) is 6.61 Å². The van der Waals surface area contributed by atoms with Gasteiger partial charge in [-0.2, -0.15) is 0 Å². The summed E-state index contributed by atoms with van der Waals surface area (Å²) in [6, 6.07) is 0.373. The van der Waals surface area contributed by atoms with Crippen molar-refractivity contribution in [2.24, 2.45) is 28.9 Å². The minimum absolute atomic E-state index is 0.158. The summed E-state index contributed by atoms with van der Waals surface area (Å²) in [4.78, 5) is 0. The molecule has 2 aliphatic rings. The lowest BCUT2D eigenvalue weighted by atomic mass is 9.58. The van der Waals surface area contributed by atoms with Gasteiger partial charge in [0.25, 0.3) is 0 Å². The van der Waals surface area contributed by atoms with E-state index in [-0.39, 0.29) is 5.41 Å². The van der Waals surface area contributed by atoms with Crippen LogP contribution in [-0.4, -0.2) is 17.8 Å². The van der Waals surface area contributed by atoms with Gasteiger partial charge >= 0.3 is 0 Å². The van der Waals surface area contributed by atoms with E-state index in [2.05, 4.69) is 13.8 Å². The topological polar surface area (TPSA) is 46.2 Å². The van der Waals surface area contributed by atoms with Gasteiger partial charge in [0, 0.05) is 12.6 Å². The number of aliphatic hydroxyl groups is 1. The van der Waals surface area contributed by atoms with Crippen molar-refractivity contribution in [1.29, 1.82) is 0 Å². The van der Waals surface area contributed by atoms with E-state index < -0.39 is 0 Å². The van der Waals surface area contributed by atoms with Gasteiger partial charge in [-0.25, -0.2) is 0 Å². The molecule has 2 fully saturated rings. The van der Waals surface area contributed by atoms with E-state index >= 15 is 0 Å². The van der Waals surface area contributed by atoms with Crippen molar-refractivity contribution < 1.29 is 5.11 Å². The third-order valence-electron chi connectivity index (χ3n) is 4.46. The highest BCUT2D eigenvalue weighted by atomic mass is 16.3. The third-order valence-corrected chi connectivity index (χ3v) is 4.46. The zero-order valence-corrected chi connectivity index (χ0v) is 9.37. The van der Waals surface area contributed by atoms with Crippen LogP contribution in [0.1, 0.15) is 39.5 Å². The van der Waals surface area contributed by atoms with Crippen LogP contribution in [-0.2, 0) is 0 Å². The Bertz CT molecular complexity index is 216. The SMILES string of the molecule is CC1CC2CC(CC(C)(CO)C2)C1N. The molecule has 3 N–H and O–H groups in total. The normalized spacial score (nSPS) is 53.1. The predicted molar refractivity (Wildman–Crippen MR) is 57.8 cm³/mol. The Morgan fingerprint density at radius 1 is 1.36 bits per heavy atom. The van der Waals surface area contributed by atoms with Crippen molar-refractivity contribution >= 4 is 0 Å². The van der Waals surface area contributed by atoms with Gasteiger partial charge in [0.2, 0.25) is 0 Å². The highest BCUT2D eigenvalue weighted by Crippen LogP contribution is 2.49. The quantitative estimate of drug-likeness (QED) is 0.673. The number of aliphatic hydroxyl groups excluding tert-OH is 1. The van der Waals surface area contributed by atoms with Gasteiger partial charge < -0.3 is 10.8 Å². The summed E-state index contributed by atoms with van der Waals surface area (Å²) < 4.78 is 0. The van der Waals surface area contributed by atoms with E-state index in [1.165, 1.54) is 19.3 Å². The summed E-state index contributed by atoms with van der Waals surface area (Å²) >= 11 is 0. The lowest BCUT2D eigenvalue weighted by Crippen LogP contribution is -2.49. The summed E-state index contributed by atoms with van der Waals surface area (Å²) in [7, 11) is 0. The summed E-state index contributed by atoms with van der Waals surface area (Å²) in [6.07, 6.45) is 4.91. The maximum Gasteiger partial charge on any atom is 0.0484 e. The molecule has 2 heteroatoms. The molecule has 0 saturated heterocycles. The molecule has 2 saturated carbocycles. The van der Waals surface area contributed by atoms with E-state index in [9.17, 15) is 5.11 Å². The summed E-state index contributed by atoms with van der Waals surface area (Å²) in [5.74, 6) is 2.16. The second-order valence-electron chi connectivity index (χ2n) is 6.03. The molecule has 0 aromatic carbocycles. The highest BCUT2D eigenvalue weighted by Gasteiger charge is 2.43. The zero-order valence-electron chi connectivity index (χ0n) is 9.37. The molecule has 0 aromatic heterocycles. The fourth-order valence-corrected chi connectivity index (χ4v) is 3.76. The van der Waals surface area contributed by atoms with Crippen molar-refractivity contribution in [3.8, 4) is 0 Å². The van der Waals surface area contributed by atoms with Crippen molar-refractivity contribution in [1.82, 2.24) is 0 Å². The smallest absolute Gasteiger partial charge is 0.0484 e. The Kier molecular flexibility index (Phi) is 2.61. The molecular weight excluding hydrogens is 174 g/mol. The van der Waals surface area contributed by atoms with Crippen LogP contribution in [0, 0.1) is 23.2 Å². The first-order valence-corrected chi connectivity index (χ1v) is 5.90. The number of nitrogens with two attached hydrogens (primary N) is 1. The van der Waals surface area contributed by atoms with Gasteiger partial charge in [-0.3, -0.25) is 0 Å². The Balaban J connectivity index is 2.11. The highest BCUT2D eigenvalue weighted by molar-refractivity contribution is 4.96. The van der Waals surface area contributed by atoms with Crippen LogP contribution in [0.3, 0.4) is 0 Å². The van der Waals surface area contributed by atoms with Crippen LogP contribution < -0.4 is 5.73 Å². The Labute approximate surface area is 86.9 Å². The second-order valence-corrected chi connectivity index (χ2v) is 6.03. The lowest BCUT2D eigenvalue weighted by Gasteiger charge is -2.49. The molecule has 2 bridgehead atoms. The third kappa shape index (κ3) is 1.70. The molecule has 0 spiro atoms. The average molecular weight is 197 g/mol. The van der Waals surface area contributed by atoms with Crippen molar-refractivity contribution in [2.45, 2.75) is 45.6 Å². The largest absolute Gasteiger partial charge is 0.396 e. The molecule has 5 unspecified atom stereocenters. The fourth-order valence-electron chi connectivity index (χ4n) is 3.76. The molecular formula is C12H23NO. The summed E-state index contributed by atoms with van der Waals surface area (Å²) in [5.41, 5.74) is 6.38. The van der Waals surface area contributed by atoms with Gasteiger partial charge in [-0.05, 0) is 48.9 Å². The van der Waals surface area contributed by atoms with E-state index in [0.717, 1.165) is 12.3 Å². The molecule has 0 heterocycles. The molecule has 5 atom stereocenters. The Hall–Kier alpha value is -0.0800. The molecule has 0 aliphatic heterocycles. The van der Waals surface area contributed by atoms with E-state index in [1.54, 1.807) is 0 Å². The predicted octanol–water partition coefficient (Wildman–Crippen LogP) is 1.77. The first-order valence-electron chi connectivity index (χ1n) is 5.90. The van der Waals surface area contributed by atoms with Crippen LogP contribution in [0.4, 0.5) is 0 Å². The first-order chi connectivity index (χ1) is 6.54. The first kappa shape index (κ1) is 10.4. The minimum Gasteiger partial charge on any atom is -0.396 e. The number of hydrogen-bond acceptors (Lipinski definition) is 2. The maximum absolute atomic E-state index is 9.42. The van der Waals surface area contributed by atoms with Crippen LogP contribution in [0.2, 0.25) is 0 Å². The molecule has 2 rings (SSSR count). The van der Waals surface area contributed by atoms with Gasteiger partial charge in [-0.15, -0.1) is 0 Å². The summed E-state index contributed by atoms with van der Waals surface area (Å²) in [5, 5.41) is 9.42. The average Bonchev–Trinajstić information content (AvgIpc) is 2.14. The monoisotopic (exact) mass is 197 g/mol. The number of hydrogen-bond donors (Lipinski definition) is 2. The minimum atomic E-state index is 0.158. The van der Waals surface area contributed by atoms with Crippen molar-refractivity contribution in [3.05, 3.63) is 0 Å². The maximum atomic E-state index is 9.42. The Morgan fingerprint density at radius 2 is 2.07 bits per heavy atom. The number of fused-ring (bicyclic) bond motifs is 2. The second kappa shape index (κ2) is 3.49. The van der Waals surface area contributed by atoms with Crippen LogP contribution in [0.15, 0.2) is 0 Å². The van der Waals surface area contributed by atoms with Crippen LogP contribution >= 0.6 is 0 Å². The van der Waals surface area contributed by atoms with Gasteiger partial charge in [0.15, 0.2) is 0 Å². The van der Waals surface area contributed by atoms with E-state index in [4.69, 9.17) is 5.73 Å². The van der Waals surface area contributed by atoms with Crippen LogP contribution in [0.25, 0.3) is 0 Å². The molecule has 0 aromatic rings.